The van der Waals surface area contributed by atoms with Gasteiger partial charge in [-0.15, -0.1) is 11.3 Å². The van der Waals surface area contributed by atoms with Crippen LogP contribution in [-0.4, -0.2) is 0 Å². The molecule has 0 bridgehead atoms. The third-order valence-corrected chi connectivity index (χ3v) is 7.10. The molecule has 2 aromatic rings. The number of hydrogen-bond acceptors (Lipinski definition) is 1. The van der Waals surface area contributed by atoms with Gasteiger partial charge in [-0.1, -0.05) is 76.0 Å². The summed E-state index contributed by atoms with van der Waals surface area (Å²) in [7, 11) is 0. The number of allylic oxidation sites excluding steroid dienone is 4. The van der Waals surface area contributed by atoms with E-state index in [4.69, 9.17) is 0 Å². The molecular weight excluding hydrogens is 344 g/mol. The van der Waals surface area contributed by atoms with Crippen LogP contribution < -0.4 is 0 Å². The van der Waals surface area contributed by atoms with Gasteiger partial charge in [0.2, 0.25) is 0 Å². The van der Waals surface area contributed by atoms with E-state index in [1.165, 1.54) is 71.9 Å². The Morgan fingerprint density at radius 2 is 1.78 bits per heavy atom. The fourth-order valence-electron chi connectivity index (χ4n) is 4.04. The van der Waals surface area contributed by atoms with Crippen LogP contribution in [0.1, 0.15) is 76.7 Å². The molecule has 1 heterocycles. The van der Waals surface area contributed by atoms with Gasteiger partial charge >= 0.3 is 0 Å². The fourth-order valence-corrected chi connectivity index (χ4v) is 5.27. The van der Waals surface area contributed by atoms with E-state index in [-0.39, 0.29) is 0 Å². The fraction of sp³-hybridized carbons (Fsp3) is 0.538. The summed E-state index contributed by atoms with van der Waals surface area (Å²) in [5.41, 5.74) is 4.80. The predicted molar refractivity (Wildman–Crippen MR) is 123 cm³/mol. The molecule has 3 rings (SSSR count). The first kappa shape index (κ1) is 20.4. The Bertz CT molecular complexity index is 803. The second-order valence-corrected chi connectivity index (χ2v) is 9.94. The Hall–Kier alpha value is -1.34. The van der Waals surface area contributed by atoms with Crippen molar-refractivity contribution in [1.29, 1.82) is 0 Å². The highest BCUT2D eigenvalue weighted by atomic mass is 32.1. The first-order valence-electron chi connectivity index (χ1n) is 10.9. The van der Waals surface area contributed by atoms with Crippen LogP contribution in [-0.2, 0) is 12.8 Å². The third kappa shape index (κ3) is 5.82. The third-order valence-electron chi connectivity index (χ3n) is 5.94. The van der Waals surface area contributed by atoms with Gasteiger partial charge in [0.05, 0.1) is 0 Å². The van der Waals surface area contributed by atoms with Crippen molar-refractivity contribution in [2.24, 2.45) is 11.8 Å². The van der Waals surface area contributed by atoms with Crippen molar-refractivity contribution in [1.82, 2.24) is 0 Å². The molecule has 0 radical (unpaired) electrons. The number of rotatable bonds is 9. The van der Waals surface area contributed by atoms with Crippen molar-refractivity contribution >= 4 is 21.4 Å². The number of hydrogen-bond donors (Lipinski definition) is 0. The molecule has 146 valence electrons. The van der Waals surface area contributed by atoms with Crippen LogP contribution in [0.4, 0.5) is 0 Å². The quantitative estimate of drug-likeness (QED) is 0.409. The summed E-state index contributed by atoms with van der Waals surface area (Å²) in [5, 5.41) is 1.42. The van der Waals surface area contributed by atoms with E-state index >= 15 is 0 Å². The van der Waals surface area contributed by atoms with Crippen molar-refractivity contribution in [3.8, 4) is 0 Å². The summed E-state index contributed by atoms with van der Waals surface area (Å²) in [5.74, 6) is 1.57. The molecule has 27 heavy (non-hydrogen) atoms. The highest BCUT2D eigenvalue weighted by Gasteiger charge is 2.13. The van der Waals surface area contributed by atoms with Crippen molar-refractivity contribution in [3.63, 3.8) is 0 Å². The molecule has 0 N–H and O–H groups in total. The number of benzene rings is 1. The van der Waals surface area contributed by atoms with E-state index in [2.05, 4.69) is 64.1 Å². The zero-order chi connectivity index (χ0) is 19.2. The van der Waals surface area contributed by atoms with Gasteiger partial charge in [-0.2, -0.15) is 0 Å². The van der Waals surface area contributed by atoms with Gasteiger partial charge in [0, 0.05) is 9.58 Å². The predicted octanol–water partition coefficient (Wildman–Crippen LogP) is 8.51. The van der Waals surface area contributed by atoms with Crippen molar-refractivity contribution in [3.05, 3.63) is 58.0 Å². The largest absolute Gasteiger partial charge is 0.140 e. The Balaban J connectivity index is 1.56. The first-order chi connectivity index (χ1) is 13.0. The van der Waals surface area contributed by atoms with Gasteiger partial charge < -0.3 is 0 Å². The summed E-state index contributed by atoms with van der Waals surface area (Å²) in [6, 6.07) is 9.47. The normalized spacial score (nSPS) is 15.9. The lowest BCUT2D eigenvalue weighted by Gasteiger charge is -2.21. The van der Waals surface area contributed by atoms with Crippen LogP contribution in [0.2, 0.25) is 0 Å². The lowest BCUT2D eigenvalue weighted by Crippen LogP contribution is -2.05. The van der Waals surface area contributed by atoms with E-state index in [1.54, 1.807) is 11.1 Å². The molecule has 0 saturated heterocycles. The molecule has 1 aromatic heterocycles. The monoisotopic (exact) mass is 380 g/mol. The van der Waals surface area contributed by atoms with Crippen molar-refractivity contribution in [2.45, 2.75) is 79.1 Å². The molecule has 0 aliphatic heterocycles. The molecule has 0 fully saturated rings. The van der Waals surface area contributed by atoms with E-state index in [0.717, 1.165) is 11.8 Å². The molecular formula is C26H36S. The minimum atomic E-state index is 0.753. The highest BCUT2D eigenvalue weighted by Crippen LogP contribution is 2.31. The van der Waals surface area contributed by atoms with Crippen LogP contribution in [0.3, 0.4) is 0 Å². The van der Waals surface area contributed by atoms with Gasteiger partial charge in [0.25, 0.3) is 0 Å². The topological polar surface area (TPSA) is 0 Å². The lowest BCUT2D eigenvalue weighted by molar-refractivity contribution is 0.479. The number of aryl methyl sites for hydroxylation is 2. The molecule has 0 nitrogen and oxygen atoms in total. The van der Waals surface area contributed by atoms with Crippen LogP contribution in [0.25, 0.3) is 10.1 Å². The first-order valence-corrected chi connectivity index (χ1v) is 11.8. The van der Waals surface area contributed by atoms with Crippen molar-refractivity contribution in [2.75, 3.05) is 0 Å². The molecule has 1 aliphatic carbocycles. The van der Waals surface area contributed by atoms with Crippen LogP contribution in [0, 0.1) is 11.8 Å². The zero-order valence-corrected chi connectivity index (χ0v) is 18.5. The maximum Gasteiger partial charge on any atom is 0.0348 e. The summed E-state index contributed by atoms with van der Waals surface area (Å²) >= 11 is 1.98. The lowest BCUT2D eigenvalue weighted by atomic mass is 9.85. The average molecular weight is 381 g/mol. The van der Waals surface area contributed by atoms with E-state index in [1.807, 2.05) is 11.3 Å². The minimum Gasteiger partial charge on any atom is -0.140 e. The molecule has 0 amide bonds. The SMILES string of the molecule is CCCc1cc2ccc(CCC3=CC=C(C(C)CCC(C)C)CC3)cc2s1. The Kier molecular flexibility index (Phi) is 7.35. The number of thiophene rings is 1. The second kappa shape index (κ2) is 9.73. The van der Waals surface area contributed by atoms with E-state index in [9.17, 15) is 0 Å². The van der Waals surface area contributed by atoms with Gasteiger partial charge in [-0.3, -0.25) is 0 Å². The molecule has 1 unspecified atom stereocenters. The number of fused-ring (bicyclic) bond motifs is 1. The Labute approximate surface area is 170 Å². The molecule has 1 aliphatic rings. The minimum absolute atomic E-state index is 0.753. The molecule has 0 spiro atoms. The van der Waals surface area contributed by atoms with Gasteiger partial charge in [-0.25, -0.2) is 0 Å². The van der Waals surface area contributed by atoms with Crippen LogP contribution >= 0.6 is 11.3 Å². The van der Waals surface area contributed by atoms with E-state index < -0.39 is 0 Å². The maximum atomic E-state index is 2.43. The average Bonchev–Trinajstić information content (AvgIpc) is 3.06. The van der Waals surface area contributed by atoms with E-state index in [0.29, 0.717) is 0 Å². The molecule has 1 aromatic carbocycles. The summed E-state index contributed by atoms with van der Waals surface area (Å²) in [6.45, 7) is 9.34. The Morgan fingerprint density at radius 3 is 2.48 bits per heavy atom. The van der Waals surface area contributed by atoms with Gasteiger partial charge in [0.15, 0.2) is 0 Å². The molecule has 1 atom stereocenters. The maximum absolute atomic E-state index is 2.43. The molecule has 1 heteroatoms. The summed E-state index contributed by atoms with van der Waals surface area (Å²) < 4.78 is 1.47. The van der Waals surface area contributed by atoms with Gasteiger partial charge in [-0.05, 0) is 73.4 Å². The highest BCUT2D eigenvalue weighted by molar-refractivity contribution is 7.19. The molecule has 0 saturated carbocycles. The second-order valence-electron chi connectivity index (χ2n) is 8.77. The smallest absolute Gasteiger partial charge is 0.0348 e. The van der Waals surface area contributed by atoms with Crippen LogP contribution in [0.15, 0.2) is 47.6 Å². The summed E-state index contributed by atoms with van der Waals surface area (Å²) in [6.07, 6.45) is 14.9. The van der Waals surface area contributed by atoms with Crippen molar-refractivity contribution < 1.29 is 0 Å². The van der Waals surface area contributed by atoms with Crippen LogP contribution in [0.5, 0.6) is 0 Å². The summed E-state index contributed by atoms with van der Waals surface area (Å²) in [4.78, 5) is 1.53. The van der Waals surface area contributed by atoms with Gasteiger partial charge in [0.1, 0.15) is 0 Å². The standard InChI is InChI=1S/C26H36S/c1-5-6-25-18-24-16-13-22(17-26(24)27-25)10-9-21-11-14-23(15-12-21)20(4)8-7-19(2)3/h11,13-14,16-20H,5-10,12,15H2,1-4H3. The zero-order valence-electron chi connectivity index (χ0n) is 17.7. The Morgan fingerprint density at radius 1 is 0.926 bits per heavy atom.